The summed E-state index contributed by atoms with van der Waals surface area (Å²) < 4.78 is 10.5. The van der Waals surface area contributed by atoms with E-state index in [9.17, 15) is 9.59 Å². The van der Waals surface area contributed by atoms with Crippen molar-refractivity contribution in [1.82, 2.24) is 0 Å². The van der Waals surface area contributed by atoms with Gasteiger partial charge in [-0.15, -0.1) is 0 Å². The zero-order chi connectivity index (χ0) is 18.0. The van der Waals surface area contributed by atoms with Crippen LogP contribution in [0.5, 0.6) is 11.5 Å². The fourth-order valence-corrected chi connectivity index (χ4v) is 2.79. The molecule has 0 atom stereocenters. The molecule has 25 heavy (non-hydrogen) atoms. The molecule has 0 aromatic heterocycles. The molecule has 1 aliphatic heterocycles. The number of rotatable bonds is 4. The Morgan fingerprint density at radius 2 is 1.84 bits per heavy atom. The van der Waals surface area contributed by atoms with Gasteiger partial charge in [0.1, 0.15) is 6.54 Å². The zero-order valence-electron chi connectivity index (χ0n) is 14.5. The minimum Gasteiger partial charge on any atom is -0.454 e. The summed E-state index contributed by atoms with van der Waals surface area (Å²) in [5, 5.41) is 2.79. The Morgan fingerprint density at radius 3 is 2.56 bits per heavy atom. The summed E-state index contributed by atoms with van der Waals surface area (Å²) >= 11 is 0. The lowest BCUT2D eigenvalue weighted by atomic mass is 10.1. The highest BCUT2D eigenvalue weighted by Gasteiger charge is 2.19. The lowest BCUT2D eigenvalue weighted by Crippen LogP contribution is -2.37. The summed E-state index contributed by atoms with van der Waals surface area (Å²) in [5.41, 5.74) is 3.39. The standard InChI is InChI=1S/C19H20N2O4/c1-12-4-6-16(13(2)8-12)21(14(3)22)10-19(23)20-15-5-7-17-18(9-15)25-11-24-17/h4-9H,10-11H2,1-3H3,(H,20,23). The van der Waals surface area contributed by atoms with E-state index in [0.29, 0.717) is 17.2 Å². The lowest BCUT2D eigenvalue weighted by molar-refractivity contribution is -0.120. The Morgan fingerprint density at radius 1 is 1.08 bits per heavy atom. The summed E-state index contributed by atoms with van der Waals surface area (Å²) in [6.07, 6.45) is 0. The molecule has 0 radical (unpaired) electrons. The highest BCUT2D eigenvalue weighted by Crippen LogP contribution is 2.34. The zero-order valence-corrected chi connectivity index (χ0v) is 14.5. The van der Waals surface area contributed by atoms with E-state index in [-0.39, 0.29) is 25.2 Å². The highest BCUT2D eigenvalue weighted by molar-refractivity contribution is 6.02. The van der Waals surface area contributed by atoms with Gasteiger partial charge in [-0.25, -0.2) is 0 Å². The molecule has 0 spiro atoms. The van der Waals surface area contributed by atoms with Crippen molar-refractivity contribution in [2.24, 2.45) is 0 Å². The number of anilines is 2. The van der Waals surface area contributed by atoms with E-state index in [4.69, 9.17) is 9.47 Å². The van der Waals surface area contributed by atoms with Gasteiger partial charge in [0.25, 0.3) is 0 Å². The van der Waals surface area contributed by atoms with Crippen molar-refractivity contribution < 1.29 is 19.1 Å². The minimum absolute atomic E-state index is 0.0618. The maximum Gasteiger partial charge on any atom is 0.244 e. The molecule has 2 amide bonds. The Balaban J connectivity index is 1.74. The van der Waals surface area contributed by atoms with E-state index in [2.05, 4.69) is 5.32 Å². The number of aryl methyl sites for hydroxylation is 2. The van der Waals surface area contributed by atoms with E-state index in [1.54, 1.807) is 18.2 Å². The number of fused-ring (bicyclic) bond motifs is 1. The van der Waals surface area contributed by atoms with Crippen molar-refractivity contribution in [3.8, 4) is 11.5 Å². The van der Waals surface area contributed by atoms with E-state index in [1.807, 2.05) is 32.0 Å². The van der Waals surface area contributed by atoms with Crippen LogP contribution in [0, 0.1) is 13.8 Å². The summed E-state index contributed by atoms with van der Waals surface area (Å²) in [6.45, 7) is 5.48. The highest BCUT2D eigenvalue weighted by atomic mass is 16.7. The molecule has 0 unspecified atom stereocenters. The van der Waals surface area contributed by atoms with Gasteiger partial charge in [0.2, 0.25) is 18.6 Å². The molecule has 0 bridgehead atoms. The number of ether oxygens (including phenoxy) is 2. The summed E-state index contributed by atoms with van der Waals surface area (Å²) in [4.78, 5) is 25.9. The average Bonchev–Trinajstić information content (AvgIpc) is 3.00. The number of carbonyl (C=O) groups excluding carboxylic acids is 2. The van der Waals surface area contributed by atoms with Gasteiger partial charge in [0.05, 0.1) is 0 Å². The van der Waals surface area contributed by atoms with Gasteiger partial charge in [-0.2, -0.15) is 0 Å². The van der Waals surface area contributed by atoms with Gasteiger partial charge < -0.3 is 19.7 Å². The van der Waals surface area contributed by atoms with Crippen molar-refractivity contribution >= 4 is 23.2 Å². The molecule has 2 aromatic rings. The lowest BCUT2D eigenvalue weighted by Gasteiger charge is -2.23. The van der Waals surface area contributed by atoms with Gasteiger partial charge >= 0.3 is 0 Å². The van der Waals surface area contributed by atoms with Crippen LogP contribution in [0.25, 0.3) is 0 Å². The van der Waals surface area contributed by atoms with Gasteiger partial charge in [-0.3, -0.25) is 9.59 Å². The Hall–Kier alpha value is -3.02. The first-order valence-electron chi connectivity index (χ1n) is 7.99. The Labute approximate surface area is 146 Å². The fraction of sp³-hybridized carbons (Fsp3) is 0.263. The Bertz CT molecular complexity index is 832. The molecule has 1 heterocycles. The second kappa shape index (κ2) is 6.84. The summed E-state index contributed by atoms with van der Waals surface area (Å²) in [7, 11) is 0. The van der Waals surface area contributed by atoms with Gasteiger partial charge in [-0.05, 0) is 37.6 Å². The van der Waals surface area contributed by atoms with Crippen LogP contribution in [-0.4, -0.2) is 25.2 Å². The molecular formula is C19H20N2O4. The molecular weight excluding hydrogens is 320 g/mol. The molecule has 0 fully saturated rings. The number of nitrogens with one attached hydrogen (secondary N) is 1. The van der Waals surface area contributed by atoms with Crippen LogP contribution in [0.3, 0.4) is 0 Å². The van der Waals surface area contributed by atoms with Crippen LogP contribution in [0.1, 0.15) is 18.1 Å². The number of nitrogens with zero attached hydrogens (tertiary/aromatic N) is 1. The molecule has 6 nitrogen and oxygen atoms in total. The average molecular weight is 340 g/mol. The molecule has 1 N–H and O–H groups in total. The first-order chi connectivity index (χ1) is 11.9. The molecule has 6 heteroatoms. The third-order valence-electron chi connectivity index (χ3n) is 3.98. The maximum absolute atomic E-state index is 12.4. The third-order valence-corrected chi connectivity index (χ3v) is 3.98. The molecule has 0 saturated carbocycles. The van der Waals surface area contributed by atoms with Crippen molar-refractivity contribution in [2.45, 2.75) is 20.8 Å². The van der Waals surface area contributed by atoms with Crippen molar-refractivity contribution in [1.29, 1.82) is 0 Å². The second-order valence-electron chi connectivity index (χ2n) is 6.01. The predicted octanol–water partition coefficient (Wildman–Crippen LogP) is 3.02. The van der Waals surface area contributed by atoms with Crippen LogP contribution < -0.4 is 19.7 Å². The number of benzene rings is 2. The minimum atomic E-state index is -0.283. The van der Waals surface area contributed by atoms with Crippen LogP contribution in [0.4, 0.5) is 11.4 Å². The number of carbonyl (C=O) groups is 2. The molecule has 130 valence electrons. The SMILES string of the molecule is CC(=O)N(CC(=O)Nc1ccc2c(c1)OCO2)c1ccc(C)cc1C. The van der Waals surface area contributed by atoms with Gasteiger partial charge in [0, 0.05) is 24.4 Å². The monoisotopic (exact) mass is 340 g/mol. The molecule has 2 aromatic carbocycles. The Kier molecular flexibility index (Phi) is 4.61. The summed E-state index contributed by atoms with van der Waals surface area (Å²) in [6, 6.07) is 11.0. The predicted molar refractivity (Wildman–Crippen MR) is 95.1 cm³/mol. The largest absolute Gasteiger partial charge is 0.454 e. The number of hydrogen-bond acceptors (Lipinski definition) is 4. The van der Waals surface area contributed by atoms with Gasteiger partial charge in [0.15, 0.2) is 11.5 Å². The summed E-state index contributed by atoms with van der Waals surface area (Å²) in [5.74, 6) is 0.774. The van der Waals surface area contributed by atoms with Crippen molar-refractivity contribution in [2.75, 3.05) is 23.6 Å². The first kappa shape index (κ1) is 16.8. The van der Waals surface area contributed by atoms with Crippen molar-refractivity contribution in [3.63, 3.8) is 0 Å². The third kappa shape index (κ3) is 3.74. The van der Waals surface area contributed by atoms with Crippen LogP contribution in [-0.2, 0) is 9.59 Å². The van der Waals surface area contributed by atoms with Crippen LogP contribution in [0.2, 0.25) is 0 Å². The number of hydrogen-bond donors (Lipinski definition) is 1. The first-order valence-corrected chi connectivity index (χ1v) is 7.99. The fourth-order valence-electron chi connectivity index (χ4n) is 2.79. The van der Waals surface area contributed by atoms with E-state index < -0.39 is 0 Å². The second-order valence-corrected chi connectivity index (χ2v) is 6.01. The van der Waals surface area contributed by atoms with E-state index in [1.165, 1.54) is 11.8 Å². The molecule has 0 saturated heterocycles. The quantitative estimate of drug-likeness (QED) is 0.929. The van der Waals surface area contributed by atoms with E-state index >= 15 is 0 Å². The smallest absolute Gasteiger partial charge is 0.244 e. The molecule has 0 aliphatic carbocycles. The normalized spacial score (nSPS) is 12.0. The van der Waals surface area contributed by atoms with Crippen LogP contribution in [0.15, 0.2) is 36.4 Å². The van der Waals surface area contributed by atoms with E-state index in [0.717, 1.165) is 16.8 Å². The molecule has 3 rings (SSSR count). The maximum atomic E-state index is 12.4. The topological polar surface area (TPSA) is 67.9 Å². The van der Waals surface area contributed by atoms with Crippen molar-refractivity contribution in [3.05, 3.63) is 47.5 Å². The number of amides is 2. The van der Waals surface area contributed by atoms with Gasteiger partial charge in [-0.1, -0.05) is 17.7 Å². The van der Waals surface area contributed by atoms with Crippen LogP contribution >= 0.6 is 0 Å². The molecule has 1 aliphatic rings.